The number of nitrogens with zero attached hydrogens (tertiary/aromatic N) is 2. The van der Waals surface area contributed by atoms with Gasteiger partial charge in [0.05, 0.1) is 5.52 Å². The van der Waals surface area contributed by atoms with Crippen molar-refractivity contribution >= 4 is 28.1 Å². The van der Waals surface area contributed by atoms with E-state index in [0.29, 0.717) is 0 Å². The maximum absolute atomic E-state index is 4.75. The highest BCUT2D eigenvalue weighted by atomic mass is 32.1. The molecule has 2 aromatic heterocycles. The summed E-state index contributed by atoms with van der Waals surface area (Å²) < 4.78 is 0. The van der Waals surface area contributed by atoms with E-state index >= 15 is 0 Å². The molecule has 4 heteroatoms. The van der Waals surface area contributed by atoms with Gasteiger partial charge >= 0.3 is 0 Å². The number of benzene rings is 1. The molecule has 108 valence electrons. The van der Waals surface area contributed by atoms with Crippen molar-refractivity contribution in [3.8, 4) is 10.6 Å². The highest BCUT2D eigenvalue weighted by Gasteiger charge is 2.19. The monoisotopic (exact) mass is 297 g/mol. The van der Waals surface area contributed by atoms with Gasteiger partial charge in [-0.15, -0.1) is 11.3 Å². The Hall–Kier alpha value is -1.94. The van der Waals surface area contributed by atoms with Crippen molar-refractivity contribution in [2.24, 2.45) is 0 Å². The summed E-state index contributed by atoms with van der Waals surface area (Å²) in [5, 5.41) is 7.42. The third-order valence-corrected chi connectivity index (χ3v) is 4.36. The number of hydrogen-bond acceptors (Lipinski definition) is 4. The maximum atomic E-state index is 4.75. The van der Waals surface area contributed by atoms with E-state index in [4.69, 9.17) is 4.98 Å². The van der Waals surface area contributed by atoms with Gasteiger partial charge in [-0.3, -0.25) is 0 Å². The Kier molecular flexibility index (Phi) is 3.41. The molecule has 0 atom stereocenters. The fraction of sp³-hybridized carbons (Fsp3) is 0.294. The summed E-state index contributed by atoms with van der Waals surface area (Å²) in [7, 11) is 1.92. The van der Waals surface area contributed by atoms with Crippen molar-refractivity contribution < 1.29 is 0 Å². The van der Waals surface area contributed by atoms with Gasteiger partial charge in [0.15, 0.2) is 0 Å². The number of nitrogens with one attached hydrogen (secondary N) is 1. The molecule has 0 aliphatic heterocycles. The lowest BCUT2D eigenvalue weighted by molar-refractivity contribution is 0.591. The van der Waals surface area contributed by atoms with Gasteiger partial charge in [-0.25, -0.2) is 9.97 Å². The van der Waals surface area contributed by atoms with Gasteiger partial charge in [-0.05, 0) is 29.7 Å². The third-order valence-electron chi connectivity index (χ3n) is 3.54. The SMILES string of the molecule is CNc1nc2ccc(-c3nccs3)cc2cc1C(C)(C)C. The first kappa shape index (κ1) is 14.0. The van der Waals surface area contributed by atoms with Gasteiger partial charge in [-0.2, -0.15) is 0 Å². The number of pyridine rings is 1. The largest absolute Gasteiger partial charge is 0.373 e. The van der Waals surface area contributed by atoms with Crippen molar-refractivity contribution in [3.05, 3.63) is 41.4 Å². The molecule has 0 radical (unpaired) electrons. The zero-order valence-electron chi connectivity index (χ0n) is 12.8. The van der Waals surface area contributed by atoms with Crippen LogP contribution in [-0.2, 0) is 5.41 Å². The normalized spacial score (nSPS) is 11.8. The molecule has 3 aromatic rings. The molecule has 0 bridgehead atoms. The first-order valence-electron chi connectivity index (χ1n) is 7.02. The summed E-state index contributed by atoms with van der Waals surface area (Å²) in [5.41, 5.74) is 3.44. The average Bonchev–Trinajstić information content (AvgIpc) is 2.98. The zero-order valence-corrected chi connectivity index (χ0v) is 13.6. The molecule has 0 aliphatic carbocycles. The lowest BCUT2D eigenvalue weighted by atomic mass is 9.86. The quantitative estimate of drug-likeness (QED) is 0.745. The molecule has 0 fully saturated rings. The highest BCUT2D eigenvalue weighted by Crippen LogP contribution is 2.33. The van der Waals surface area contributed by atoms with Gasteiger partial charge in [0.2, 0.25) is 0 Å². The Bertz CT molecular complexity index is 771. The predicted molar refractivity (Wildman–Crippen MR) is 91.1 cm³/mol. The molecular weight excluding hydrogens is 278 g/mol. The van der Waals surface area contributed by atoms with Crippen molar-refractivity contribution in [2.45, 2.75) is 26.2 Å². The molecule has 0 saturated carbocycles. The molecule has 1 N–H and O–H groups in total. The van der Waals surface area contributed by atoms with Gasteiger partial charge in [-0.1, -0.05) is 20.8 Å². The Balaban J connectivity index is 2.21. The molecular formula is C17H19N3S. The topological polar surface area (TPSA) is 37.8 Å². The lowest BCUT2D eigenvalue weighted by Crippen LogP contribution is -2.15. The average molecular weight is 297 g/mol. The van der Waals surface area contributed by atoms with Crippen molar-refractivity contribution in [3.63, 3.8) is 0 Å². The molecule has 21 heavy (non-hydrogen) atoms. The Morgan fingerprint density at radius 2 is 1.95 bits per heavy atom. The Morgan fingerprint density at radius 3 is 2.57 bits per heavy atom. The standard InChI is InChI=1S/C17H19N3S/c1-17(2,3)13-10-12-9-11(16-19-7-8-21-16)5-6-14(12)20-15(13)18-4/h5-10H,1-4H3,(H,18,20). The second kappa shape index (κ2) is 5.11. The molecule has 3 rings (SSSR count). The van der Waals surface area contributed by atoms with E-state index in [2.05, 4.69) is 55.3 Å². The van der Waals surface area contributed by atoms with Crippen LogP contribution in [0.25, 0.3) is 21.5 Å². The van der Waals surface area contributed by atoms with Crippen LogP contribution in [0.4, 0.5) is 5.82 Å². The number of rotatable bonds is 2. The Labute approximate surface area is 129 Å². The van der Waals surface area contributed by atoms with E-state index in [-0.39, 0.29) is 5.41 Å². The smallest absolute Gasteiger partial charge is 0.130 e. The highest BCUT2D eigenvalue weighted by molar-refractivity contribution is 7.13. The van der Waals surface area contributed by atoms with Crippen LogP contribution < -0.4 is 5.32 Å². The molecule has 0 unspecified atom stereocenters. The van der Waals surface area contributed by atoms with E-state index in [1.807, 2.05) is 18.6 Å². The third kappa shape index (κ3) is 2.63. The van der Waals surface area contributed by atoms with Crippen LogP contribution in [0.1, 0.15) is 26.3 Å². The van der Waals surface area contributed by atoms with Gasteiger partial charge in [0.1, 0.15) is 10.8 Å². The van der Waals surface area contributed by atoms with Crippen molar-refractivity contribution in [1.29, 1.82) is 0 Å². The van der Waals surface area contributed by atoms with Crippen LogP contribution in [-0.4, -0.2) is 17.0 Å². The summed E-state index contributed by atoms with van der Waals surface area (Å²) >= 11 is 1.66. The number of anilines is 1. The molecule has 0 amide bonds. The van der Waals surface area contributed by atoms with Crippen molar-refractivity contribution in [1.82, 2.24) is 9.97 Å². The second-order valence-electron chi connectivity index (χ2n) is 6.13. The first-order valence-corrected chi connectivity index (χ1v) is 7.90. The minimum atomic E-state index is 0.0523. The Morgan fingerprint density at radius 1 is 1.14 bits per heavy atom. The van der Waals surface area contributed by atoms with Gasteiger partial charge in [0.25, 0.3) is 0 Å². The van der Waals surface area contributed by atoms with Crippen molar-refractivity contribution in [2.75, 3.05) is 12.4 Å². The van der Waals surface area contributed by atoms with E-state index < -0.39 is 0 Å². The van der Waals surface area contributed by atoms with Gasteiger partial charge < -0.3 is 5.32 Å². The zero-order chi connectivity index (χ0) is 15.0. The van der Waals surface area contributed by atoms with Crippen LogP contribution in [0.5, 0.6) is 0 Å². The fourth-order valence-electron chi connectivity index (χ4n) is 2.44. The molecule has 1 aromatic carbocycles. The minimum Gasteiger partial charge on any atom is -0.373 e. The summed E-state index contributed by atoms with van der Waals surface area (Å²) in [4.78, 5) is 9.14. The number of fused-ring (bicyclic) bond motifs is 1. The molecule has 2 heterocycles. The number of thiazole rings is 1. The van der Waals surface area contributed by atoms with Gasteiger partial charge in [0, 0.05) is 35.1 Å². The molecule has 0 saturated heterocycles. The van der Waals surface area contributed by atoms with Crippen LogP contribution in [0.2, 0.25) is 0 Å². The molecule has 0 aliphatic rings. The van der Waals surface area contributed by atoms with E-state index in [1.165, 1.54) is 5.56 Å². The lowest BCUT2D eigenvalue weighted by Gasteiger charge is -2.22. The number of hydrogen-bond donors (Lipinski definition) is 1. The predicted octanol–water partition coefficient (Wildman–Crippen LogP) is 4.70. The summed E-state index contributed by atoms with van der Waals surface area (Å²) in [6, 6.07) is 8.57. The number of aromatic nitrogens is 2. The molecule has 3 nitrogen and oxygen atoms in total. The van der Waals surface area contributed by atoms with E-state index in [0.717, 1.165) is 27.3 Å². The second-order valence-corrected chi connectivity index (χ2v) is 7.02. The van der Waals surface area contributed by atoms with Crippen LogP contribution in [0.3, 0.4) is 0 Å². The minimum absolute atomic E-state index is 0.0523. The summed E-state index contributed by atoms with van der Waals surface area (Å²) in [5.74, 6) is 0.956. The summed E-state index contributed by atoms with van der Waals surface area (Å²) in [6.07, 6.45) is 1.84. The van der Waals surface area contributed by atoms with Crippen LogP contribution >= 0.6 is 11.3 Å². The fourth-order valence-corrected chi connectivity index (χ4v) is 3.07. The summed E-state index contributed by atoms with van der Waals surface area (Å²) in [6.45, 7) is 6.63. The van der Waals surface area contributed by atoms with Crippen LogP contribution in [0.15, 0.2) is 35.8 Å². The van der Waals surface area contributed by atoms with Crippen LogP contribution in [0, 0.1) is 0 Å². The van der Waals surface area contributed by atoms with E-state index in [1.54, 1.807) is 11.3 Å². The van der Waals surface area contributed by atoms with E-state index in [9.17, 15) is 0 Å². The first-order chi connectivity index (χ1) is 9.99. The molecule has 0 spiro atoms. The maximum Gasteiger partial charge on any atom is 0.130 e.